The monoisotopic (exact) mass is 886 g/mol. The van der Waals surface area contributed by atoms with E-state index < -0.39 is 0 Å². The molecule has 2 saturated heterocycles. The van der Waals surface area contributed by atoms with Crippen LogP contribution in [-0.4, -0.2) is 13.2 Å². The molecule has 0 radical (unpaired) electrons. The molecule has 2 unspecified atom stereocenters. The van der Waals surface area contributed by atoms with Crippen LogP contribution >= 0.6 is 0 Å². The van der Waals surface area contributed by atoms with Gasteiger partial charge in [0.05, 0.1) is 13.2 Å². The van der Waals surface area contributed by atoms with Gasteiger partial charge in [0, 0.05) is 22.5 Å². The molecule has 0 saturated carbocycles. The van der Waals surface area contributed by atoms with Crippen molar-refractivity contribution in [2.24, 2.45) is 0 Å². The van der Waals surface area contributed by atoms with Gasteiger partial charge in [-0.1, -0.05) is 214 Å². The summed E-state index contributed by atoms with van der Waals surface area (Å²) >= 11 is 0. The largest absolute Gasteiger partial charge is 0.368 e. The van der Waals surface area contributed by atoms with Crippen molar-refractivity contribution in [3.05, 3.63) is 186 Å². The Kier molecular flexibility index (Phi) is 14.9. The zero-order chi connectivity index (χ0) is 44.7. The lowest BCUT2D eigenvalue weighted by molar-refractivity contribution is 0.398. The Morgan fingerprint density at radius 1 is 0.403 bits per heavy atom. The summed E-state index contributed by atoms with van der Waals surface area (Å²) in [7, 11) is 0. The highest BCUT2D eigenvalue weighted by Crippen LogP contribution is 2.56. The third-order valence-corrected chi connectivity index (χ3v) is 14.8. The Bertz CT molecular complexity index is 2640. The van der Waals surface area contributed by atoms with Crippen LogP contribution in [0.1, 0.15) is 146 Å². The molecule has 344 valence electrons. The van der Waals surface area contributed by atoms with Gasteiger partial charge in [-0.3, -0.25) is 0 Å². The summed E-state index contributed by atoms with van der Waals surface area (Å²) in [5.41, 5.74) is 19.5. The molecule has 0 aromatic heterocycles. The van der Waals surface area contributed by atoms with E-state index >= 15 is 0 Å². The zero-order valence-corrected chi connectivity index (χ0v) is 39.3. The van der Waals surface area contributed by atoms with Gasteiger partial charge in [-0.05, 0) is 128 Å². The van der Waals surface area contributed by atoms with Gasteiger partial charge in [0.15, 0.2) is 0 Å². The Hall–Kier alpha value is -5.74. The predicted molar refractivity (Wildman–Crippen MR) is 284 cm³/mol. The van der Waals surface area contributed by atoms with E-state index in [2.05, 4.69) is 183 Å². The number of ether oxygens (including phenoxy) is 2. The normalized spacial score (nSPS) is 16.2. The number of hydrogen-bond donors (Lipinski definition) is 0. The fourth-order valence-corrected chi connectivity index (χ4v) is 10.8. The minimum Gasteiger partial charge on any atom is -0.368 e. The summed E-state index contributed by atoms with van der Waals surface area (Å²) in [6.07, 6.45) is 18.7. The third kappa shape index (κ3) is 10.4. The minimum atomic E-state index is -0.0160. The first-order chi connectivity index (χ1) is 32.6. The molecule has 2 heterocycles. The van der Waals surface area contributed by atoms with E-state index in [1.54, 1.807) is 11.1 Å². The quantitative estimate of drug-likeness (QED) is 0.0501. The number of hydrogen-bond acceptors (Lipinski definition) is 3. The fraction of sp³-hybridized carbons (Fsp3) is 0.344. The van der Waals surface area contributed by atoms with Crippen LogP contribution in [0.2, 0.25) is 0 Å². The average Bonchev–Trinajstić information content (AvgIpc) is 4.33. The summed E-state index contributed by atoms with van der Waals surface area (Å²) in [5, 5.41) is 0. The zero-order valence-electron chi connectivity index (χ0n) is 39.3. The van der Waals surface area contributed by atoms with Crippen LogP contribution in [-0.2, 0) is 14.9 Å². The molecule has 67 heavy (non-hydrogen) atoms. The van der Waals surface area contributed by atoms with E-state index in [4.69, 9.17) is 9.47 Å². The molecule has 2 fully saturated rings. The smallest absolute Gasteiger partial charge is 0.106 e. The molecule has 0 amide bonds. The van der Waals surface area contributed by atoms with Crippen molar-refractivity contribution in [1.29, 1.82) is 0 Å². The molecule has 0 N–H and O–H groups in total. The summed E-state index contributed by atoms with van der Waals surface area (Å²) in [6, 6.07) is 61.9. The van der Waals surface area contributed by atoms with E-state index in [1.807, 2.05) is 0 Å². The second kappa shape index (κ2) is 21.5. The molecule has 2 atom stereocenters. The maximum absolute atomic E-state index is 5.62. The summed E-state index contributed by atoms with van der Waals surface area (Å²) in [6.45, 7) is 6.32. The lowest BCUT2D eigenvalue weighted by Crippen LogP contribution is -2.25. The van der Waals surface area contributed by atoms with Gasteiger partial charge < -0.3 is 14.4 Å². The molecule has 1 aliphatic carbocycles. The summed E-state index contributed by atoms with van der Waals surface area (Å²) < 4.78 is 11.1. The van der Waals surface area contributed by atoms with Crippen LogP contribution in [0.25, 0.3) is 44.5 Å². The van der Waals surface area contributed by atoms with Crippen LogP contribution in [0, 0.1) is 0 Å². The van der Waals surface area contributed by atoms with Crippen LogP contribution in [0.15, 0.2) is 164 Å². The number of unbranched alkanes of at least 4 members (excludes halogenated alkanes) is 10. The molecule has 7 aromatic rings. The lowest BCUT2D eigenvalue weighted by atomic mass is 9.70. The maximum Gasteiger partial charge on any atom is 0.106 e. The van der Waals surface area contributed by atoms with E-state index in [0.29, 0.717) is 0 Å². The number of para-hydroxylation sites is 1. The van der Waals surface area contributed by atoms with Crippen molar-refractivity contribution < 1.29 is 9.47 Å². The van der Waals surface area contributed by atoms with Crippen LogP contribution in [0.3, 0.4) is 0 Å². The number of nitrogens with zero attached hydrogens (tertiary/aromatic N) is 1. The van der Waals surface area contributed by atoms with Crippen molar-refractivity contribution in [3.63, 3.8) is 0 Å². The lowest BCUT2D eigenvalue weighted by Gasteiger charge is -2.33. The minimum absolute atomic E-state index is 0. The Morgan fingerprint density at radius 3 is 1.15 bits per heavy atom. The molecule has 0 spiro atoms. The number of benzene rings is 7. The van der Waals surface area contributed by atoms with Crippen molar-refractivity contribution in [2.45, 2.75) is 129 Å². The highest BCUT2D eigenvalue weighted by atomic mass is 16.6. The molecular formula is C64H71NO2. The Morgan fingerprint density at radius 2 is 0.746 bits per heavy atom. The molecule has 3 nitrogen and oxygen atoms in total. The molecule has 3 aliphatic rings. The highest BCUT2D eigenvalue weighted by molar-refractivity contribution is 5.87. The SMILES string of the molecule is C.CCCCCCCCC1(CCCCCCCC)c2cc(-c3ccc(C4CO4)cc3)ccc2-c2ccc(-c3ccc(N(c4ccccc4)c4ccc(-c5ccc(C6CO6)cc5)cc4)cc3)cc21. The number of rotatable bonds is 22. The van der Waals surface area contributed by atoms with Gasteiger partial charge in [-0.2, -0.15) is 0 Å². The Balaban J connectivity index is 0.00000562. The van der Waals surface area contributed by atoms with Crippen LogP contribution < -0.4 is 4.90 Å². The molecule has 0 bridgehead atoms. The summed E-state index contributed by atoms with van der Waals surface area (Å²) in [5.74, 6) is 0. The first-order valence-corrected chi connectivity index (χ1v) is 25.4. The van der Waals surface area contributed by atoms with Gasteiger partial charge in [-0.25, -0.2) is 0 Å². The van der Waals surface area contributed by atoms with Crippen molar-refractivity contribution in [1.82, 2.24) is 0 Å². The predicted octanol–water partition coefficient (Wildman–Crippen LogP) is 18.7. The summed E-state index contributed by atoms with van der Waals surface area (Å²) in [4.78, 5) is 2.37. The van der Waals surface area contributed by atoms with Gasteiger partial charge >= 0.3 is 0 Å². The number of fused-ring (bicyclic) bond motifs is 3. The Labute approximate surface area is 402 Å². The second-order valence-corrected chi connectivity index (χ2v) is 19.3. The van der Waals surface area contributed by atoms with Crippen LogP contribution in [0.4, 0.5) is 17.1 Å². The topological polar surface area (TPSA) is 28.3 Å². The molecule has 2 aliphatic heterocycles. The van der Waals surface area contributed by atoms with Gasteiger partial charge in [0.1, 0.15) is 12.2 Å². The van der Waals surface area contributed by atoms with E-state index in [0.717, 1.165) is 30.3 Å². The standard InChI is InChI=1S/C63H67NO2.CH4/c1-3-5-7-9-11-16-40-63(41-17-12-10-8-6-4-2)59-42-52(48-22-26-51(27-23-48)62-45-66-62)32-38-57(59)58-39-33-53(43-60(58)63)49-30-36-56(37-31-49)64(54-18-14-13-15-19-54)55-34-28-47(29-35-55)46-20-24-50(25-21-46)61-44-65-61;/h13-15,18-39,42-43,61-62H,3-12,16-17,40-41,44-45H2,1-2H3;1H4. The molecule has 10 rings (SSSR count). The molecular weight excluding hydrogens is 815 g/mol. The van der Waals surface area contributed by atoms with Crippen molar-refractivity contribution in [2.75, 3.05) is 18.1 Å². The maximum atomic E-state index is 5.62. The molecule has 3 heteroatoms. The van der Waals surface area contributed by atoms with Gasteiger partial charge in [-0.15, -0.1) is 0 Å². The third-order valence-electron chi connectivity index (χ3n) is 14.8. The van der Waals surface area contributed by atoms with Gasteiger partial charge in [0.25, 0.3) is 0 Å². The first-order valence-electron chi connectivity index (χ1n) is 25.4. The van der Waals surface area contributed by atoms with Gasteiger partial charge in [0.2, 0.25) is 0 Å². The van der Waals surface area contributed by atoms with Crippen molar-refractivity contribution >= 4 is 17.1 Å². The van der Waals surface area contributed by atoms with E-state index in [1.165, 1.54) is 146 Å². The number of epoxide rings is 2. The highest BCUT2D eigenvalue weighted by Gasteiger charge is 2.42. The fourth-order valence-electron chi connectivity index (χ4n) is 10.8. The van der Waals surface area contributed by atoms with Crippen LogP contribution in [0.5, 0.6) is 0 Å². The second-order valence-electron chi connectivity index (χ2n) is 19.3. The van der Waals surface area contributed by atoms with E-state index in [-0.39, 0.29) is 25.0 Å². The number of anilines is 3. The van der Waals surface area contributed by atoms with Crippen molar-refractivity contribution in [3.8, 4) is 44.5 Å². The average molecular weight is 886 g/mol. The van der Waals surface area contributed by atoms with E-state index in [9.17, 15) is 0 Å². The first kappa shape index (κ1) is 46.4. The molecule has 7 aromatic carbocycles.